The van der Waals surface area contributed by atoms with Gasteiger partial charge in [-0.2, -0.15) is 0 Å². The normalized spacial score (nSPS) is 17.1. The zero-order chi connectivity index (χ0) is 9.03. The van der Waals surface area contributed by atoms with Crippen LogP contribution >= 0.6 is 0 Å². The molecule has 0 saturated heterocycles. The summed E-state index contributed by atoms with van der Waals surface area (Å²) in [5, 5.41) is 3.04. The Bertz CT molecular complexity index is 207. The average molecular weight is 170 g/mol. The molecule has 0 atom stereocenters. The Morgan fingerprint density at radius 2 is 2.17 bits per heavy atom. The molecule has 12 heavy (non-hydrogen) atoms. The fraction of sp³-hybridized carbons (Fsp3) is 0.625. The highest BCUT2D eigenvalue weighted by molar-refractivity contribution is 5.93. The summed E-state index contributed by atoms with van der Waals surface area (Å²) in [6.45, 7) is 2.50. The van der Waals surface area contributed by atoms with Gasteiger partial charge in [0.25, 0.3) is 0 Å². The third-order valence-electron chi connectivity index (χ3n) is 2.00. The number of methoxy groups -OCH3 is 2. The molecule has 1 aliphatic heterocycles. The van der Waals surface area contributed by atoms with E-state index < -0.39 is 5.79 Å². The summed E-state index contributed by atoms with van der Waals surface area (Å²) in [6, 6.07) is 0. The third-order valence-corrected chi connectivity index (χ3v) is 2.00. The number of hydrogen-bond donors (Lipinski definition) is 1. The van der Waals surface area contributed by atoms with Gasteiger partial charge in [-0.05, 0) is 6.92 Å². The van der Waals surface area contributed by atoms with Gasteiger partial charge in [-0.25, -0.2) is 0 Å². The first-order chi connectivity index (χ1) is 5.73. The number of nitrogens with one attached hydrogen (secondary N) is 1. The molecule has 4 nitrogen and oxygen atoms in total. The molecule has 0 aliphatic carbocycles. The highest BCUT2D eigenvalue weighted by Crippen LogP contribution is 2.13. The van der Waals surface area contributed by atoms with E-state index in [1.54, 1.807) is 26.6 Å². The van der Waals surface area contributed by atoms with Gasteiger partial charge in [0.1, 0.15) is 0 Å². The number of aliphatic imine (C=N–C) groups is 1. The summed E-state index contributed by atoms with van der Waals surface area (Å²) >= 11 is 0. The Morgan fingerprint density at radius 3 is 2.58 bits per heavy atom. The van der Waals surface area contributed by atoms with Gasteiger partial charge in [-0.3, -0.25) is 4.99 Å². The van der Waals surface area contributed by atoms with Crippen LogP contribution in [0.2, 0.25) is 0 Å². The van der Waals surface area contributed by atoms with E-state index in [1.165, 1.54) is 0 Å². The second-order valence-corrected chi connectivity index (χ2v) is 2.63. The summed E-state index contributed by atoms with van der Waals surface area (Å²) in [5.74, 6) is -0.711. The Kier molecular flexibility index (Phi) is 2.83. The Labute approximate surface area is 72.3 Å². The third kappa shape index (κ3) is 1.65. The summed E-state index contributed by atoms with van der Waals surface area (Å²) < 4.78 is 10.4. The SMILES string of the molecule is COC(C)(OC)C1=NC=CNC1. The molecule has 0 aromatic rings. The molecule has 1 rings (SSSR count). The smallest absolute Gasteiger partial charge is 0.206 e. The largest absolute Gasteiger partial charge is 0.384 e. The van der Waals surface area contributed by atoms with Gasteiger partial charge in [-0.15, -0.1) is 0 Å². The molecule has 68 valence electrons. The lowest BCUT2D eigenvalue weighted by atomic mass is 10.1. The van der Waals surface area contributed by atoms with Crippen LogP contribution in [-0.2, 0) is 9.47 Å². The average Bonchev–Trinajstić information content (AvgIpc) is 2.18. The lowest BCUT2D eigenvalue weighted by Crippen LogP contribution is -2.44. The highest BCUT2D eigenvalue weighted by Gasteiger charge is 2.30. The highest BCUT2D eigenvalue weighted by atomic mass is 16.7. The van der Waals surface area contributed by atoms with Gasteiger partial charge in [0.15, 0.2) is 0 Å². The van der Waals surface area contributed by atoms with Crippen molar-refractivity contribution in [3.63, 3.8) is 0 Å². The first-order valence-electron chi connectivity index (χ1n) is 3.79. The number of nitrogens with zero attached hydrogens (tertiary/aromatic N) is 1. The van der Waals surface area contributed by atoms with E-state index >= 15 is 0 Å². The Balaban J connectivity index is 2.77. The van der Waals surface area contributed by atoms with Crippen LogP contribution in [0, 0.1) is 0 Å². The first kappa shape index (κ1) is 9.22. The topological polar surface area (TPSA) is 42.9 Å². The van der Waals surface area contributed by atoms with Crippen LogP contribution in [0.15, 0.2) is 17.4 Å². The minimum Gasteiger partial charge on any atom is -0.384 e. The molecular formula is C8H14N2O2. The maximum absolute atomic E-state index is 5.20. The number of ether oxygens (including phenoxy) is 2. The van der Waals surface area contributed by atoms with Crippen molar-refractivity contribution in [2.45, 2.75) is 12.7 Å². The quantitative estimate of drug-likeness (QED) is 0.627. The molecule has 1 heterocycles. The van der Waals surface area contributed by atoms with E-state index in [0.29, 0.717) is 6.54 Å². The molecular weight excluding hydrogens is 156 g/mol. The minimum atomic E-state index is -0.711. The van der Waals surface area contributed by atoms with Gasteiger partial charge >= 0.3 is 0 Å². The predicted octanol–water partition coefficient (Wildman–Crippen LogP) is 0.511. The van der Waals surface area contributed by atoms with Gasteiger partial charge in [0.2, 0.25) is 5.79 Å². The summed E-state index contributed by atoms with van der Waals surface area (Å²) in [4.78, 5) is 4.17. The zero-order valence-electron chi connectivity index (χ0n) is 7.63. The van der Waals surface area contributed by atoms with Crippen LogP contribution in [0.25, 0.3) is 0 Å². The van der Waals surface area contributed by atoms with Crippen molar-refractivity contribution in [3.8, 4) is 0 Å². The lowest BCUT2D eigenvalue weighted by molar-refractivity contribution is -0.140. The molecule has 0 bridgehead atoms. The van der Waals surface area contributed by atoms with Crippen molar-refractivity contribution in [3.05, 3.63) is 12.4 Å². The maximum Gasteiger partial charge on any atom is 0.206 e. The van der Waals surface area contributed by atoms with E-state index in [2.05, 4.69) is 10.3 Å². The van der Waals surface area contributed by atoms with Crippen LogP contribution in [0.1, 0.15) is 6.92 Å². The van der Waals surface area contributed by atoms with Gasteiger partial charge in [0.05, 0.1) is 12.3 Å². The van der Waals surface area contributed by atoms with Crippen LogP contribution in [0.5, 0.6) is 0 Å². The van der Waals surface area contributed by atoms with E-state index in [0.717, 1.165) is 5.71 Å². The molecule has 4 heteroatoms. The van der Waals surface area contributed by atoms with Gasteiger partial charge in [0, 0.05) is 26.6 Å². The fourth-order valence-corrected chi connectivity index (χ4v) is 0.978. The molecule has 0 saturated carbocycles. The predicted molar refractivity (Wildman–Crippen MR) is 47.0 cm³/mol. The fourth-order valence-electron chi connectivity index (χ4n) is 0.978. The molecule has 1 aliphatic rings. The van der Waals surface area contributed by atoms with E-state index in [-0.39, 0.29) is 0 Å². The van der Waals surface area contributed by atoms with E-state index in [9.17, 15) is 0 Å². The van der Waals surface area contributed by atoms with E-state index in [4.69, 9.17) is 9.47 Å². The lowest BCUT2D eigenvalue weighted by Gasteiger charge is -2.28. The first-order valence-corrected chi connectivity index (χ1v) is 3.79. The second kappa shape index (κ2) is 3.69. The van der Waals surface area contributed by atoms with Crippen molar-refractivity contribution in [1.82, 2.24) is 5.32 Å². The van der Waals surface area contributed by atoms with Gasteiger partial charge in [-0.1, -0.05) is 0 Å². The molecule has 0 unspecified atom stereocenters. The van der Waals surface area contributed by atoms with Crippen molar-refractivity contribution < 1.29 is 9.47 Å². The minimum absolute atomic E-state index is 0.661. The summed E-state index contributed by atoms with van der Waals surface area (Å²) in [5.41, 5.74) is 0.843. The van der Waals surface area contributed by atoms with Crippen molar-refractivity contribution in [2.75, 3.05) is 20.8 Å². The summed E-state index contributed by atoms with van der Waals surface area (Å²) in [7, 11) is 3.20. The second-order valence-electron chi connectivity index (χ2n) is 2.63. The molecule has 0 spiro atoms. The van der Waals surface area contributed by atoms with E-state index in [1.807, 2.05) is 6.92 Å². The van der Waals surface area contributed by atoms with Crippen LogP contribution in [-0.4, -0.2) is 32.3 Å². The molecule has 0 radical (unpaired) electrons. The van der Waals surface area contributed by atoms with Gasteiger partial charge < -0.3 is 14.8 Å². The molecule has 0 amide bonds. The Hall–Kier alpha value is -0.870. The van der Waals surface area contributed by atoms with Crippen molar-refractivity contribution in [1.29, 1.82) is 0 Å². The van der Waals surface area contributed by atoms with Crippen molar-refractivity contribution >= 4 is 5.71 Å². The molecule has 1 N–H and O–H groups in total. The van der Waals surface area contributed by atoms with Crippen LogP contribution in [0.3, 0.4) is 0 Å². The molecule has 0 aromatic heterocycles. The standard InChI is InChI=1S/C8H14N2O2/c1-8(11-2,12-3)7-6-9-4-5-10-7/h4-5,9H,6H2,1-3H3. The van der Waals surface area contributed by atoms with Crippen LogP contribution in [0.4, 0.5) is 0 Å². The van der Waals surface area contributed by atoms with Crippen molar-refractivity contribution in [2.24, 2.45) is 4.99 Å². The summed E-state index contributed by atoms with van der Waals surface area (Å²) in [6.07, 6.45) is 3.48. The number of rotatable bonds is 3. The monoisotopic (exact) mass is 170 g/mol. The number of hydrogen-bond acceptors (Lipinski definition) is 4. The maximum atomic E-state index is 5.20. The Morgan fingerprint density at radius 1 is 1.50 bits per heavy atom. The molecule has 0 fully saturated rings. The molecule has 0 aromatic carbocycles. The van der Waals surface area contributed by atoms with Crippen LogP contribution < -0.4 is 5.32 Å². The zero-order valence-corrected chi connectivity index (χ0v) is 7.63.